The molecule has 1 saturated heterocycles. The van der Waals surface area contributed by atoms with Gasteiger partial charge in [-0.15, -0.1) is 0 Å². The van der Waals surface area contributed by atoms with Crippen molar-refractivity contribution in [2.45, 2.75) is 20.0 Å². The van der Waals surface area contributed by atoms with Crippen LogP contribution >= 0.6 is 0 Å². The van der Waals surface area contributed by atoms with Crippen LogP contribution in [-0.2, 0) is 4.79 Å². The van der Waals surface area contributed by atoms with Crippen molar-refractivity contribution in [1.82, 2.24) is 4.90 Å². The standard InChI is InChI=1S/C13H16N2O3/c1-8-3-4-10(5-12(8)14-9(2)16)13(18)15-6-11(17)7-15/h3-5,11,17H,6-7H2,1-2H3,(H,14,16). The number of carbonyl (C=O) groups is 2. The van der Waals surface area contributed by atoms with E-state index < -0.39 is 6.10 Å². The summed E-state index contributed by atoms with van der Waals surface area (Å²) in [6.07, 6.45) is -0.408. The molecule has 18 heavy (non-hydrogen) atoms. The maximum atomic E-state index is 12.0. The van der Waals surface area contributed by atoms with E-state index in [0.29, 0.717) is 24.3 Å². The molecule has 2 rings (SSSR count). The molecule has 0 bridgehead atoms. The number of β-amino-alcohol motifs (C(OH)–C–C–N with tert-alkyl or cyclic N) is 1. The first-order chi connectivity index (χ1) is 8.47. The zero-order valence-electron chi connectivity index (χ0n) is 10.4. The summed E-state index contributed by atoms with van der Waals surface area (Å²) in [5, 5.41) is 11.9. The van der Waals surface area contributed by atoms with Crippen LogP contribution in [0.5, 0.6) is 0 Å². The number of hydrogen-bond acceptors (Lipinski definition) is 3. The highest BCUT2D eigenvalue weighted by Gasteiger charge is 2.29. The Morgan fingerprint density at radius 1 is 1.39 bits per heavy atom. The molecule has 0 aliphatic carbocycles. The van der Waals surface area contributed by atoms with Gasteiger partial charge in [0.25, 0.3) is 5.91 Å². The van der Waals surface area contributed by atoms with E-state index >= 15 is 0 Å². The van der Waals surface area contributed by atoms with Crippen LogP contribution in [0.15, 0.2) is 18.2 Å². The molecule has 1 heterocycles. The maximum Gasteiger partial charge on any atom is 0.254 e. The molecule has 2 N–H and O–H groups in total. The van der Waals surface area contributed by atoms with Crippen molar-refractivity contribution in [1.29, 1.82) is 0 Å². The van der Waals surface area contributed by atoms with Gasteiger partial charge in [-0.3, -0.25) is 9.59 Å². The average Bonchev–Trinajstić information content (AvgIpc) is 2.26. The number of benzene rings is 1. The second-order valence-electron chi connectivity index (χ2n) is 4.57. The molecular formula is C13H16N2O3. The normalized spacial score (nSPS) is 15.2. The molecule has 5 nitrogen and oxygen atoms in total. The van der Waals surface area contributed by atoms with E-state index in [0.717, 1.165) is 5.56 Å². The second-order valence-corrected chi connectivity index (χ2v) is 4.57. The van der Waals surface area contributed by atoms with Crippen LogP contribution in [0.3, 0.4) is 0 Å². The van der Waals surface area contributed by atoms with Gasteiger partial charge in [0.15, 0.2) is 0 Å². The van der Waals surface area contributed by atoms with Gasteiger partial charge < -0.3 is 15.3 Å². The smallest absolute Gasteiger partial charge is 0.254 e. The Hall–Kier alpha value is -1.88. The number of rotatable bonds is 2. The summed E-state index contributed by atoms with van der Waals surface area (Å²) in [5.41, 5.74) is 2.08. The van der Waals surface area contributed by atoms with Gasteiger partial charge in [0.05, 0.1) is 6.10 Å². The fraction of sp³-hybridized carbons (Fsp3) is 0.385. The predicted molar refractivity (Wildman–Crippen MR) is 67.4 cm³/mol. The Morgan fingerprint density at radius 3 is 2.61 bits per heavy atom. The Kier molecular flexibility index (Phi) is 3.34. The maximum absolute atomic E-state index is 12.0. The topological polar surface area (TPSA) is 69.6 Å². The first kappa shape index (κ1) is 12.6. The highest BCUT2D eigenvalue weighted by molar-refractivity contribution is 5.97. The first-order valence-electron chi connectivity index (χ1n) is 5.83. The highest BCUT2D eigenvalue weighted by Crippen LogP contribution is 2.20. The minimum atomic E-state index is -0.408. The predicted octanol–water partition coefficient (Wildman–Crippen LogP) is 0.770. The molecule has 2 amide bonds. The third-order valence-electron chi connectivity index (χ3n) is 2.94. The minimum absolute atomic E-state index is 0.119. The van der Waals surface area contributed by atoms with Crippen LogP contribution in [0.25, 0.3) is 0 Å². The molecule has 0 saturated carbocycles. The molecule has 1 aromatic rings. The number of likely N-dealkylation sites (tertiary alicyclic amines) is 1. The van der Waals surface area contributed by atoms with Gasteiger partial charge in [-0.1, -0.05) is 6.07 Å². The van der Waals surface area contributed by atoms with Crippen molar-refractivity contribution >= 4 is 17.5 Å². The summed E-state index contributed by atoms with van der Waals surface area (Å²) in [5.74, 6) is -0.283. The van der Waals surface area contributed by atoms with Crippen LogP contribution in [-0.4, -0.2) is 41.0 Å². The zero-order valence-corrected chi connectivity index (χ0v) is 10.4. The number of anilines is 1. The lowest BCUT2D eigenvalue weighted by Gasteiger charge is -2.36. The highest BCUT2D eigenvalue weighted by atomic mass is 16.3. The van der Waals surface area contributed by atoms with E-state index in [-0.39, 0.29) is 11.8 Å². The van der Waals surface area contributed by atoms with Crippen LogP contribution in [0.2, 0.25) is 0 Å². The molecule has 1 aliphatic rings. The van der Waals surface area contributed by atoms with E-state index in [1.807, 2.05) is 6.92 Å². The van der Waals surface area contributed by atoms with Crippen molar-refractivity contribution in [3.8, 4) is 0 Å². The van der Waals surface area contributed by atoms with Crippen molar-refractivity contribution in [2.75, 3.05) is 18.4 Å². The number of nitrogens with zero attached hydrogens (tertiary/aromatic N) is 1. The number of aryl methyl sites for hydroxylation is 1. The number of hydrogen-bond donors (Lipinski definition) is 2. The van der Waals surface area contributed by atoms with Gasteiger partial charge in [-0.25, -0.2) is 0 Å². The summed E-state index contributed by atoms with van der Waals surface area (Å²) in [6, 6.07) is 5.20. The Balaban J connectivity index is 2.18. The van der Waals surface area contributed by atoms with Crippen LogP contribution in [0, 0.1) is 6.92 Å². The first-order valence-corrected chi connectivity index (χ1v) is 5.83. The molecule has 1 fully saturated rings. The molecule has 0 radical (unpaired) electrons. The van der Waals surface area contributed by atoms with Gasteiger partial charge in [-0.2, -0.15) is 0 Å². The monoisotopic (exact) mass is 248 g/mol. The molecule has 1 aromatic carbocycles. The van der Waals surface area contributed by atoms with E-state index in [9.17, 15) is 14.7 Å². The van der Waals surface area contributed by atoms with Crippen molar-refractivity contribution in [3.05, 3.63) is 29.3 Å². The summed E-state index contributed by atoms with van der Waals surface area (Å²) in [6.45, 7) is 4.05. The van der Waals surface area contributed by atoms with Crippen molar-refractivity contribution in [2.24, 2.45) is 0 Å². The molecule has 0 atom stereocenters. The van der Waals surface area contributed by atoms with Gasteiger partial charge >= 0.3 is 0 Å². The molecule has 5 heteroatoms. The number of carbonyl (C=O) groups excluding carboxylic acids is 2. The minimum Gasteiger partial charge on any atom is -0.389 e. The lowest BCUT2D eigenvalue weighted by atomic mass is 10.1. The van der Waals surface area contributed by atoms with Gasteiger partial charge in [-0.05, 0) is 24.6 Å². The Labute approximate surface area is 105 Å². The summed E-state index contributed by atoms with van der Waals surface area (Å²) in [4.78, 5) is 24.7. The Morgan fingerprint density at radius 2 is 2.06 bits per heavy atom. The Bertz CT molecular complexity index is 493. The van der Waals surface area contributed by atoms with E-state index in [2.05, 4.69) is 5.32 Å². The van der Waals surface area contributed by atoms with E-state index in [4.69, 9.17) is 0 Å². The summed E-state index contributed by atoms with van der Waals surface area (Å²) >= 11 is 0. The molecule has 96 valence electrons. The average molecular weight is 248 g/mol. The van der Waals surface area contributed by atoms with E-state index in [1.165, 1.54) is 6.92 Å². The fourth-order valence-corrected chi connectivity index (χ4v) is 1.88. The summed E-state index contributed by atoms with van der Waals surface area (Å²) in [7, 11) is 0. The number of aliphatic hydroxyl groups excluding tert-OH is 1. The SMILES string of the molecule is CC(=O)Nc1cc(C(=O)N2CC(O)C2)ccc1C. The van der Waals surface area contributed by atoms with Crippen molar-refractivity contribution < 1.29 is 14.7 Å². The molecule has 0 aromatic heterocycles. The molecule has 1 aliphatic heterocycles. The molecule has 0 unspecified atom stereocenters. The van der Waals surface area contributed by atoms with Crippen LogP contribution in [0.1, 0.15) is 22.8 Å². The van der Waals surface area contributed by atoms with Gasteiger partial charge in [0.2, 0.25) is 5.91 Å². The molecule has 0 spiro atoms. The second kappa shape index (κ2) is 4.78. The van der Waals surface area contributed by atoms with Crippen LogP contribution in [0.4, 0.5) is 5.69 Å². The molecular weight excluding hydrogens is 232 g/mol. The van der Waals surface area contributed by atoms with Crippen molar-refractivity contribution in [3.63, 3.8) is 0 Å². The largest absolute Gasteiger partial charge is 0.389 e. The quantitative estimate of drug-likeness (QED) is 0.812. The number of amides is 2. The van der Waals surface area contributed by atoms with Crippen LogP contribution < -0.4 is 5.32 Å². The van der Waals surface area contributed by atoms with E-state index in [1.54, 1.807) is 23.1 Å². The summed E-state index contributed by atoms with van der Waals surface area (Å²) < 4.78 is 0. The number of aliphatic hydroxyl groups is 1. The number of nitrogens with one attached hydrogen (secondary N) is 1. The fourth-order valence-electron chi connectivity index (χ4n) is 1.88. The lowest BCUT2D eigenvalue weighted by molar-refractivity contribution is -0.114. The third-order valence-corrected chi connectivity index (χ3v) is 2.94. The van der Waals surface area contributed by atoms with Gasteiger partial charge in [0.1, 0.15) is 0 Å². The third kappa shape index (κ3) is 2.51. The van der Waals surface area contributed by atoms with Gasteiger partial charge in [0, 0.05) is 31.3 Å². The zero-order chi connectivity index (χ0) is 13.3. The lowest BCUT2D eigenvalue weighted by Crippen LogP contribution is -2.53.